The maximum absolute atomic E-state index is 6.40. The molecule has 16 heteroatoms. The van der Waals surface area contributed by atoms with Gasteiger partial charge in [0.05, 0.1) is 0 Å². The van der Waals surface area contributed by atoms with Crippen molar-refractivity contribution in [1.82, 2.24) is 0 Å². The molecule has 12 nitrogen and oxygen atoms in total. The minimum absolute atomic E-state index is 0.0460. The Labute approximate surface area is 687 Å². The largest absolute Gasteiger partial charge is 0.498 e. The van der Waals surface area contributed by atoms with Gasteiger partial charge in [-0.3, -0.25) is 0 Å². The standard InChI is InChI=1S/C28H35BO3.C26H31BO3.C24H27BO3.C22H23BO3/c1-3-5-7-13-19-30-29(31-20-14-8-6-4-2)25-21-22-15-9-10-16-23(22)27-24-17-11-12-18-26(24)32-28(25)27;1-3-5-11-17-28-27(29-18-12-6-4-2)23-19-20-13-7-8-14-21(20)25-22-15-9-10-16-24(22)30-26(23)25;1-23(2,3)27-25(28-24(4,5)6)19-15-16-11-7-8-12-17(16)21-18-13-9-10-14-20(18)26-22(19)21;1-14(2)25-23(26-15(3)4)19-13-16-9-5-6-10-17(16)21-18-11-7-8-12-20(18)24-22(19)21/h9-12,15-18,21H,3-8,13-14,19-20H2,1-2H3;7-10,13-16,19H,3-6,11-12,17-18H2,1-2H3;7-15H,1-6H3;5-15H,1-4H3. The van der Waals surface area contributed by atoms with Gasteiger partial charge in [0.1, 0.15) is 44.7 Å². The number of unbranched alkanes of at least 4 members (excludes halogenated alkanes) is 10. The van der Waals surface area contributed by atoms with Gasteiger partial charge < -0.3 is 54.9 Å². The first-order valence-corrected chi connectivity index (χ1v) is 42.8. The first-order valence-electron chi connectivity index (χ1n) is 42.8. The summed E-state index contributed by atoms with van der Waals surface area (Å²) < 4.78 is 75.6. The van der Waals surface area contributed by atoms with Crippen LogP contribution in [0.1, 0.15) is 187 Å². The van der Waals surface area contributed by atoms with Crippen molar-refractivity contribution in [1.29, 1.82) is 0 Å². The summed E-state index contributed by atoms with van der Waals surface area (Å²) in [6, 6.07) is 75.4. The van der Waals surface area contributed by atoms with Gasteiger partial charge in [0.2, 0.25) is 0 Å². The Morgan fingerprint density at radius 2 is 0.491 bits per heavy atom. The van der Waals surface area contributed by atoms with Gasteiger partial charge in [-0.05, 0) is 162 Å². The van der Waals surface area contributed by atoms with Crippen LogP contribution in [0, 0.1) is 0 Å². The van der Waals surface area contributed by atoms with Crippen LogP contribution in [-0.2, 0) is 37.2 Å². The Morgan fingerprint density at radius 3 is 0.750 bits per heavy atom. The number of hydrogen-bond donors (Lipinski definition) is 0. The molecule has 0 atom stereocenters. The maximum Gasteiger partial charge on any atom is 0.498 e. The van der Waals surface area contributed by atoms with E-state index in [1.165, 1.54) is 96.5 Å². The lowest BCUT2D eigenvalue weighted by molar-refractivity contribution is 0.0409. The Bertz CT molecular complexity index is 5830. The van der Waals surface area contributed by atoms with E-state index in [0.29, 0.717) is 26.4 Å². The number of para-hydroxylation sites is 4. The zero-order chi connectivity index (χ0) is 81.3. The highest BCUT2D eigenvalue weighted by Crippen LogP contribution is 2.39. The molecule has 0 aliphatic carbocycles. The van der Waals surface area contributed by atoms with Crippen molar-refractivity contribution in [3.8, 4) is 0 Å². The van der Waals surface area contributed by atoms with Gasteiger partial charge in [0.15, 0.2) is 0 Å². The normalized spacial score (nSPS) is 12.1. The number of benzene rings is 12. The van der Waals surface area contributed by atoms with Crippen LogP contribution < -0.4 is 21.9 Å². The van der Waals surface area contributed by atoms with E-state index in [0.717, 1.165) is 146 Å². The van der Waals surface area contributed by atoms with E-state index in [-0.39, 0.29) is 23.4 Å². The number of fused-ring (bicyclic) bond motifs is 20. The Kier molecular flexibility index (Phi) is 29.1. The molecule has 0 saturated carbocycles. The van der Waals surface area contributed by atoms with Crippen LogP contribution in [0.3, 0.4) is 0 Å². The highest BCUT2D eigenvalue weighted by Gasteiger charge is 2.37. The van der Waals surface area contributed by atoms with Crippen LogP contribution in [0.25, 0.3) is 131 Å². The average molecular weight is 1550 g/mol. The molecule has 0 unspecified atom stereocenters. The minimum Gasteiger partial charge on any atom is -0.456 e. The molecule has 16 rings (SSSR count). The van der Waals surface area contributed by atoms with Crippen molar-refractivity contribution in [2.45, 2.75) is 210 Å². The first-order chi connectivity index (χ1) is 56.3. The van der Waals surface area contributed by atoms with Crippen molar-refractivity contribution in [3.05, 3.63) is 218 Å². The van der Waals surface area contributed by atoms with Gasteiger partial charge in [0, 0.05) is 115 Å². The zero-order valence-electron chi connectivity index (χ0n) is 70.9. The predicted octanol–water partition coefficient (Wildman–Crippen LogP) is 25.8. The first kappa shape index (κ1) is 84.7. The van der Waals surface area contributed by atoms with E-state index in [4.69, 9.17) is 54.9 Å². The fourth-order valence-corrected chi connectivity index (χ4v) is 15.5. The van der Waals surface area contributed by atoms with Crippen molar-refractivity contribution in [2.75, 3.05) is 26.4 Å². The second-order valence-electron chi connectivity index (χ2n) is 33.1. The molecule has 0 N–H and O–H groups in total. The lowest BCUT2D eigenvalue weighted by atomic mass is 9.74. The van der Waals surface area contributed by atoms with Crippen molar-refractivity contribution in [3.63, 3.8) is 0 Å². The second-order valence-corrected chi connectivity index (χ2v) is 33.1. The smallest absolute Gasteiger partial charge is 0.456 e. The van der Waals surface area contributed by atoms with E-state index in [1.807, 2.05) is 130 Å². The van der Waals surface area contributed by atoms with Gasteiger partial charge in [-0.2, -0.15) is 0 Å². The Hall–Kier alpha value is -9.18. The molecular formula is C100H116B4O12. The third-order valence-electron chi connectivity index (χ3n) is 20.9. The molecule has 116 heavy (non-hydrogen) atoms. The SMILES string of the molecule is CC(C)(C)OB(OC(C)(C)C)c1cc2ccccc2c2c1oc1ccccc12.CC(C)OB(OC(C)C)c1cc2ccccc2c2c1oc1ccccc12.CCCCCCOB(OCCCCCC)c1cc2ccccc2c2c1oc1ccccc12.CCCCCOB(OCCCCC)c1cc2ccccc2c2c1oc1ccccc12. The molecule has 4 aromatic heterocycles. The lowest BCUT2D eigenvalue weighted by Gasteiger charge is -2.30. The Morgan fingerprint density at radius 1 is 0.267 bits per heavy atom. The third kappa shape index (κ3) is 20.5. The minimum atomic E-state index is -0.535. The molecular weight excluding hydrogens is 1440 g/mol. The van der Waals surface area contributed by atoms with Gasteiger partial charge in [-0.15, -0.1) is 0 Å². The van der Waals surface area contributed by atoms with E-state index in [9.17, 15) is 0 Å². The molecule has 12 aromatic carbocycles. The fraction of sp³-hybridized carbons (Fsp3) is 0.360. The fourth-order valence-electron chi connectivity index (χ4n) is 15.5. The van der Waals surface area contributed by atoms with E-state index >= 15 is 0 Å². The van der Waals surface area contributed by atoms with Gasteiger partial charge >= 0.3 is 28.5 Å². The second kappa shape index (κ2) is 39.8. The summed E-state index contributed by atoms with van der Waals surface area (Å²) in [4.78, 5) is 0. The summed E-state index contributed by atoms with van der Waals surface area (Å²) >= 11 is 0. The molecule has 0 spiro atoms. The quantitative estimate of drug-likeness (QED) is 0.0294. The van der Waals surface area contributed by atoms with Crippen molar-refractivity contribution in [2.24, 2.45) is 0 Å². The molecule has 16 aromatic rings. The van der Waals surface area contributed by atoms with Gasteiger partial charge in [-0.1, -0.05) is 286 Å². The highest BCUT2D eigenvalue weighted by atomic mass is 16.6. The van der Waals surface area contributed by atoms with E-state index in [2.05, 4.69) is 185 Å². The number of rotatable bonds is 32. The van der Waals surface area contributed by atoms with E-state index < -0.39 is 28.5 Å². The summed E-state index contributed by atoms with van der Waals surface area (Å²) in [5.41, 5.74) is 10.1. The van der Waals surface area contributed by atoms with Crippen LogP contribution in [-0.4, -0.2) is 78.3 Å². The lowest BCUT2D eigenvalue weighted by Crippen LogP contribution is -2.47. The van der Waals surface area contributed by atoms with Crippen molar-refractivity contribution < 1.29 is 54.9 Å². The zero-order valence-corrected chi connectivity index (χ0v) is 70.9. The molecule has 4 heterocycles. The van der Waals surface area contributed by atoms with Crippen LogP contribution >= 0.6 is 0 Å². The van der Waals surface area contributed by atoms with Crippen LogP contribution in [0.2, 0.25) is 0 Å². The predicted molar refractivity (Wildman–Crippen MR) is 492 cm³/mol. The van der Waals surface area contributed by atoms with Crippen LogP contribution in [0.15, 0.2) is 236 Å². The average Bonchev–Trinajstić information content (AvgIpc) is 1.59. The molecule has 0 fully saturated rings. The highest BCUT2D eigenvalue weighted by molar-refractivity contribution is 6.67. The summed E-state index contributed by atoms with van der Waals surface area (Å²) in [6.07, 6.45) is 16.3. The molecule has 0 saturated heterocycles. The summed E-state index contributed by atoms with van der Waals surface area (Å²) in [5.74, 6) is 0. The molecule has 0 aliphatic heterocycles. The van der Waals surface area contributed by atoms with Crippen LogP contribution in [0.5, 0.6) is 0 Å². The summed E-state index contributed by atoms with van der Waals surface area (Å²) in [6.45, 7) is 32.0. The molecule has 0 bridgehead atoms. The number of hydrogen-bond acceptors (Lipinski definition) is 12. The summed E-state index contributed by atoms with van der Waals surface area (Å²) in [7, 11) is -1.83. The molecule has 0 aliphatic rings. The van der Waals surface area contributed by atoms with Crippen LogP contribution in [0.4, 0.5) is 0 Å². The Balaban J connectivity index is 0.000000135. The molecule has 600 valence electrons. The third-order valence-corrected chi connectivity index (χ3v) is 20.9. The summed E-state index contributed by atoms with van der Waals surface area (Å²) in [5, 5.41) is 18.5. The van der Waals surface area contributed by atoms with Crippen molar-refractivity contribution >= 4 is 181 Å². The van der Waals surface area contributed by atoms with E-state index in [1.54, 1.807) is 0 Å². The van der Waals surface area contributed by atoms with Gasteiger partial charge in [0.25, 0.3) is 0 Å². The van der Waals surface area contributed by atoms with Gasteiger partial charge in [-0.25, -0.2) is 0 Å². The maximum atomic E-state index is 6.40. The molecule has 0 amide bonds. The monoisotopic (exact) mass is 1550 g/mol. The molecule has 0 radical (unpaired) electrons. The number of furan rings is 4. The topological polar surface area (TPSA) is 126 Å².